The van der Waals surface area contributed by atoms with E-state index in [0.717, 1.165) is 27.9 Å². The first kappa shape index (κ1) is 15.4. The quantitative estimate of drug-likeness (QED) is 0.476. The number of benzene rings is 1. The Morgan fingerprint density at radius 2 is 1.88 bits per heavy atom. The molecule has 3 heterocycles. The minimum absolute atomic E-state index is 0.0589. The molecule has 0 radical (unpaired) electrons. The second-order valence-electron chi connectivity index (χ2n) is 6.00. The predicted molar refractivity (Wildman–Crippen MR) is 95.5 cm³/mol. The van der Waals surface area contributed by atoms with Gasteiger partial charge in [-0.25, -0.2) is 4.98 Å². The maximum Gasteiger partial charge on any atom is 0.169 e. The highest BCUT2D eigenvalue weighted by molar-refractivity contribution is 5.74. The number of rotatable bonds is 5. The number of aromatic nitrogens is 3. The van der Waals surface area contributed by atoms with Crippen molar-refractivity contribution in [2.45, 2.75) is 19.6 Å². The van der Waals surface area contributed by atoms with Gasteiger partial charge < -0.3 is 16.3 Å². The number of pyridine rings is 1. The Morgan fingerprint density at radius 1 is 1.08 bits per heavy atom. The molecule has 0 fully saturated rings. The Morgan fingerprint density at radius 3 is 2.68 bits per heavy atom. The van der Waals surface area contributed by atoms with Gasteiger partial charge in [0.15, 0.2) is 5.82 Å². The SMILES string of the molecule is Nc1cc(Cc2cnn(Cc3ccc(CO)cc3)c2)c2c(n1)NNN2. The molecule has 8 heteroatoms. The number of nitrogens with two attached hydrogens (primary N) is 1. The average molecular weight is 337 g/mol. The maximum absolute atomic E-state index is 9.10. The molecule has 0 saturated carbocycles. The number of nitrogens with zero attached hydrogens (tertiary/aromatic N) is 3. The van der Waals surface area contributed by atoms with Gasteiger partial charge in [-0.2, -0.15) is 5.10 Å². The smallest absolute Gasteiger partial charge is 0.169 e. The molecule has 2 aromatic heterocycles. The number of hydrogen-bond donors (Lipinski definition) is 5. The molecule has 8 nitrogen and oxygen atoms in total. The highest BCUT2D eigenvalue weighted by Crippen LogP contribution is 2.29. The highest BCUT2D eigenvalue weighted by Gasteiger charge is 2.17. The van der Waals surface area contributed by atoms with Crippen molar-refractivity contribution in [2.24, 2.45) is 0 Å². The van der Waals surface area contributed by atoms with E-state index in [2.05, 4.69) is 26.5 Å². The standard InChI is InChI=1S/C17H19N7O/c18-15-6-14(16-17(20-15)22-23-21-16)5-13-7-19-24(9-13)8-11-1-3-12(10-25)4-2-11/h1-4,6-7,9,21,23,25H,5,8,10H2,(H3,18,20,22). The molecule has 1 aliphatic heterocycles. The van der Waals surface area contributed by atoms with Gasteiger partial charge in [0, 0.05) is 12.6 Å². The van der Waals surface area contributed by atoms with E-state index >= 15 is 0 Å². The average Bonchev–Trinajstić information content (AvgIpc) is 3.25. The lowest BCUT2D eigenvalue weighted by Gasteiger charge is -2.06. The fourth-order valence-electron chi connectivity index (χ4n) is 2.88. The van der Waals surface area contributed by atoms with Crippen LogP contribution < -0.4 is 22.1 Å². The normalized spacial score (nSPS) is 12.5. The lowest BCUT2D eigenvalue weighted by Crippen LogP contribution is -2.19. The maximum atomic E-state index is 9.10. The van der Waals surface area contributed by atoms with Crippen molar-refractivity contribution in [3.8, 4) is 0 Å². The molecule has 0 saturated heterocycles. The molecule has 0 aliphatic carbocycles. The van der Waals surface area contributed by atoms with E-state index in [-0.39, 0.29) is 6.61 Å². The molecule has 0 amide bonds. The Bertz CT molecular complexity index is 889. The molecular weight excluding hydrogens is 318 g/mol. The number of fused-ring (bicyclic) bond motifs is 1. The number of aliphatic hydroxyl groups is 1. The second-order valence-corrected chi connectivity index (χ2v) is 6.00. The van der Waals surface area contributed by atoms with Gasteiger partial charge in [-0.05, 0) is 28.3 Å². The third-order valence-electron chi connectivity index (χ3n) is 4.12. The number of anilines is 3. The zero-order valence-corrected chi connectivity index (χ0v) is 13.5. The molecule has 0 spiro atoms. The van der Waals surface area contributed by atoms with Crippen LogP contribution in [0.2, 0.25) is 0 Å². The van der Waals surface area contributed by atoms with Crippen LogP contribution in [0.5, 0.6) is 0 Å². The number of aliphatic hydroxyl groups excluding tert-OH is 1. The largest absolute Gasteiger partial charge is 0.392 e. The molecule has 0 bridgehead atoms. The van der Waals surface area contributed by atoms with Crippen molar-refractivity contribution in [1.82, 2.24) is 20.3 Å². The summed E-state index contributed by atoms with van der Waals surface area (Å²) in [6.07, 6.45) is 4.59. The second kappa shape index (κ2) is 6.42. The summed E-state index contributed by atoms with van der Waals surface area (Å²) in [4.78, 5) is 4.23. The molecule has 1 aliphatic rings. The topological polar surface area (TPSA) is 113 Å². The molecule has 0 atom stereocenters. The van der Waals surface area contributed by atoms with E-state index in [1.54, 1.807) is 0 Å². The fraction of sp³-hybridized carbons (Fsp3) is 0.176. The van der Waals surface area contributed by atoms with Gasteiger partial charge in [-0.3, -0.25) is 10.1 Å². The van der Waals surface area contributed by atoms with Gasteiger partial charge in [0.2, 0.25) is 0 Å². The van der Waals surface area contributed by atoms with Crippen LogP contribution in [-0.4, -0.2) is 19.9 Å². The first-order valence-electron chi connectivity index (χ1n) is 7.98. The van der Waals surface area contributed by atoms with Gasteiger partial charge in [0.05, 0.1) is 25.0 Å². The number of nitrogen functional groups attached to an aromatic ring is 1. The number of hydrogen-bond acceptors (Lipinski definition) is 7. The van der Waals surface area contributed by atoms with E-state index in [1.165, 1.54) is 0 Å². The zero-order chi connectivity index (χ0) is 17.2. The van der Waals surface area contributed by atoms with E-state index in [0.29, 0.717) is 24.6 Å². The Balaban J connectivity index is 1.50. The van der Waals surface area contributed by atoms with Crippen molar-refractivity contribution in [2.75, 3.05) is 16.6 Å². The Hall–Kier alpha value is -3.10. The summed E-state index contributed by atoms with van der Waals surface area (Å²) < 4.78 is 1.90. The first-order chi connectivity index (χ1) is 12.2. The molecular formula is C17H19N7O. The molecule has 25 heavy (non-hydrogen) atoms. The molecule has 3 aromatic rings. The van der Waals surface area contributed by atoms with Crippen LogP contribution >= 0.6 is 0 Å². The van der Waals surface area contributed by atoms with Crippen molar-refractivity contribution in [3.63, 3.8) is 0 Å². The summed E-state index contributed by atoms with van der Waals surface area (Å²) in [6.45, 7) is 0.743. The van der Waals surface area contributed by atoms with Gasteiger partial charge >= 0.3 is 0 Å². The first-order valence-corrected chi connectivity index (χ1v) is 7.98. The van der Waals surface area contributed by atoms with E-state index in [9.17, 15) is 0 Å². The minimum atomic E-state index is 0.0589. The van der Waals surface area contributed by atoms with Gasteiger partial charge in [0.1, 0.15) is 5.82 Å². The molecule has 0 unspecified atom stereocenters. The third kappa shape index (κ3) is 3.25. The molecule has 4 rings (SSSR count). The predicted octanol–water partition coefficient (Wildman–Crippen LogP) is 1.25. The van der Waals surface area contributed by atoms with Gasteiger partial charge in [0.25, 0.3) is 0 Å². The fourth-order valence-corrected chi connectivity index (χ4v) is 2.88. The van der Waals surface area contributed by atoms with E-state index in [4.69, 9.17) is 10.8 Å². The Labute approximate surface area is 144 Å². The summed E-state index contributed by atoms with van der Waals surface area (Å²) in [6, 6.07) is 9.73. The summed E-state index contributed by atoms with van der Waals surface area (Å²) in [5, 5.41) is 13.5. The lowest BCUT2D eigenvalue weighted by molar-refractivity contribution is 0.282. The monoisotopic (exact) mass is 337 g/mol. The lowest BCUT2D eigenvalue weighted by atomic mass is 10.1. The molecule has 6 N–H and O–H groups in total. The van der Waals surface area contributed by atoms with Crippen LogP contribution in [-0.2, 0) is 19.6 Å². The third-order valence-corrected chi connectivity index (χ3v) is 4.12. The van der Waals surface area contributed by atoms with Crippen LogP contribution in [0.3, 0.4) is 0 Å². The summed E-state index contributed by atoms with van der Waals surface area (Å²) >= 11 is 0. The van der Waals surface area contributed by atoms with Crippen molar-refractivity contribution >= 4 is 17.3 Å². The van der Waals surface area contributed by atoms with E-state index < -0.39 is 0 Å². The van der Waals surface area contributed by atoms with Crippen molar-refractivity contribution in [3.05, 3.63) is 65.0 Å². The van der Waals surface area contributed by atoms with Crippen LogP contribution in [0, 0.1) is 0 Å². The zero-order valence-electron chi connectivity index (χ0n) is 13.5. The summed E-state index contributed by atoms with van der Waals surface area (Å²) in [5.41, 5.74) is 19.8. The highest BCUT2D eigenvalue weighted by atomic mass is 16.3. The minimum Gasteiger partial charge on any atom is -0.392 e. The number of hydrazine groups is 2. The van der Waals surface area contributed by atoms with Crippen LogP contribution in [0.15, 0.2) is 42.7 Å². The Kier molecular flexibility index (Phi) is 3.96. The van der Waals surface area contributed by atoms with E-state index in [1.807, 2.05) is 47.4 Å². The van der Waals surface area contributed by atoms with Crippen LogP contribution in [0.4, 0.5) is 17.3 Å². The van der Waals surface area contributed by atoms with Gasteiger partial charge in [-0.15, -0.1) is 5.53 Å². The molecule has 128 valence electrons. The van der Waals surface area contributed by atoms with Crippen molar-refractivity contribution in [1.29, 1.82) is 0 Å². The van der Waals surface area contributed by atoms with Gasteiger partial charge in [-0.1, -0.05) is 24.3 Å². The van der Waals surface area contributed by atoms with Crippen LogP contribution in [0.1, 0.15) is 22.3 Å². The summed E-state index contributed by atoms with van der Waals surface area (Å²) in [5.74, 6) is 1.18. The summed E-state index contributed by atoms with van der Waals surface area (Å²) in [7, 11) is 0. The number of nitrogens with one attached hydrogen (secondary N) is 3. The molecule has 1 aromatic carbocycles. The van der Waals surface area contributed by atoms with Crippen LogP contribution in [0.25, 0.3) is 0 Å². The van der Waals surface area contributed by atoms with Crippen molar-refractivity contribution < 1.29 is 5.11 Å².